The van der Waals surface area contributed by atoms with Crippen molar-refractivity contribution in [1.29, 1.82) is 0 Å². The van der Waals surface area contributed by atoms with Gasteiger partial charge in [-0.05, 0) is 64.6 Å². The second kappa shape index (κ2) is 7.25. The van der Waals surface area contributed by atoms with E-state index in [4.69, 9.17) is 4.74 Å². The summed E-state index contributed by atoms with van der Waals surface area (Å²) < 4.78 is 4.82. The highest BCUT2D eigenvalue weighted by Gasteiger charge is 2.26. The van der Waals surface area contributed by atoms with Crippen LogP contribution in [0.25, 0.3) is 0 Å². The largest absolute Gasteiger partial charge is 0.469 e. The average molecular weight is 268 g/mol. The molecule has 2 fully saturated rings. The molecule has 0 spiro atoms. The van der Waals surface area contributed by atoms with Gasteiger partial charge in [0, 0.05) is 12.6 Å². The molecule has 0 radical (unpaired) electrons. The van der Waals surface area contributed by atoms with Gasteiger partial charge in [-0.2, -0.15) is 0 Å². The Labute approximate surface area is 116 Å². The fourth-order valence-corrected chi connectivity index (χ4v) is 3.45. The molecule has 0 amide bonds. The Balaban J connectivity index is 1.57. The Morgan fingerprint density at radius 1 is 1.26 bits per heavy atom. The summed E-state index contributed by atoms with van der Waals surface area (Å²) in [7, 11) is 3.70. The van der Waals surface area contributed by atoms with Gasteiger partial charge in [0.1, 0.15) is 0 Å². The van der Waals surface area contributed by atoms with Crippen LogP contribution < -0.4 is 5.32 Å². The SMILES string of the molecule is COC(=O)C1CCC(NCCC2CCN(C)C2)CC1. The molecule has 1 heterocycles. The van der Waals surface area contributed by atoms with Gasteiger partial charge in [0.2, 0.25) is 0 Å². The van der Waals surface area contributed by atoms with Gasteiger partial charge in [0.05, 0.1) is 13.0 Å². The molecule has 0 bridgehead atoms. The van der Waals surface area contributed by atoms with Crippen LogP contribution in [0.15, 0.2) is 0 Å². The molecule has 1 atom stereocenters. The number of hydrogen-bond donors (Lipinski definition) is 1. The molecule has 4 heteroatoms. The van der Waals surface area contributed by atoms with Crippen molar-refractivity contribution in [2.75, 3.05) is 33.8 Å². The van der Waals surface area contributed by atoms with E-state index in [1.54, 1.807) is 0 Å². The Kier molecular flexibility index (Phi) is 5.64. The van der Waals surface area contributed by atoms with Gasteiger partial charge in [-0.3, -0.25) is 4.79 Å². The zero-order valence-electron chi connectivity index (χ0n) is 12.4. The molecular weight excluding hydrogens is 240 g/mol. The van der Waals surface area contributed by atoms with E-state index in [1.807, 2.05) is 0 Å². The third-order valence-electron chi connectivity index (χ3n) is 4.74. The van der Waals surface area contributed by atoms with Crippen molar-refractivity contribution in [3.63, 3.8) is 0 Å². The summed E-state index contributed by atoms with van der Waals surface area (Å²) in [5, 5.41) is 3.67. The second-order valence-electron chi connectivity index (χ2n) is 6.23. The maximum Gasteiger partial charge on any atom is 0.308 e. The predicted octanol–water partition coefficient (Wildman–Crippen LogP) is 1.65. The van der Waals surface area contributed by atoms with E-state index in [-0.39, 0.29) is 11.9 Å². The van der Waals surface area contributed by atoms with Crippen molar-refractivity contribution >= 4 is 5.97 Å². The van der Waals surface area contributed by atoms with E-state index >= 15 is 0 Å². The molecule has 2 aliphatic rings. The van der Waals surface area contributed by atoms with Gasteiger partial charge in [0.25, 0.3) is 0 Å². The van der Waals surface area contributed by atoms with E-state index in [1.165, 1.54) is 33.0 Å². The quantitative estimate of drug-likeness (QED) is 0.770. The lowest BCUT2D eigenvalue weighted by atomic mass is 9.86. The van der Waals surface area contributed by atoms with Crippen molar-refractivity contribution in [3.05, 3.63) is 0 Å². The summed E-state index contributed by atoms with van der Waals surface area (Å²) in [4.78, 5) is 13.9. The normalized spacial score (nSPS) is 32.4. The first-order valence-electron chi connectivity index (χ1n) is 7.68. The highest BCUT2D eigenvalue weighted by Crippen LogP contribution is 2.25. The smallest absolute Gasteiger partial charge is 0.308 e. The monoisotopic (exact) mass is 268 g/mol. The zero-order chi connectivity index (χ0) is 13.7. The number of carbonyl (C=O) groups excluding carboxylic acids is 1. The number of methoxy groups -OCH3 is 1. The molecule has 1 N–H and O–H groups in total. The van der Waals surface area contributed by atoms with Crippen molar-refractivity contribution in [2.24, 2.45) is 11.8 Å². The van der Waals surface area contributed by atoms with E-state index in [0.29, 0.717) is 6.04 Å². The lowest BCUT2D eigenvalue weighted by molar-refractivity contribution is -0.146. The molecule has 0 aromatic carbocycles. The molecule has 1 unspecified atom stereocenters. The topological polar surface area (TPSA) is 41.6 Å². The van der Waals surface area contributed by atoms with Crippen molar-refractivity contribution in [1.82, 2.24) is 10.2 Å². The Hall–Kier alpha value is -0.610. The number of esters is 1. The number of likely N-dealkylation sites (tertiary alicyclic amines) is 1. The van der Waals surface area contributed by atoms with Crippen LogP contribution in [0.1, 0.15) is 38.5 Å². The van der Waals surface area contributed by atoms with Gasteiger partial charge in [-0.1, -0.05) is 0 Å². The van der Waals surface area contributed by atoms with E-state index < -0.39 is 0 Å². The number of nitrogens with one attached hydrogen (secondary N) is 1. The van der Waals surface area contributed by atoms with Crippen molar-refractivity contribution in [3.8, 4) is 0 Å². The standard InChI is InChI=1S/C15H28N2O2/c1-17-10-8-12(11-17)7-9-16-14-5-3-13(4-6-14)15(18)19-2/h12-14,16H,3-11H2,1-2H3. The minimum absolute atomic E-state index is 0.0209. The highest BCUT2D eigenvalue weighted by molar-refractivity contribution is 5.72. The first-order valence-corrected chi connectivity index (χ1v) is 7.68. The van der Waals surface area contributed by atoms with Gasteiger partial charge in [0.15, 0.2) is 0 Å². The fourth-order valence-electron chi connectivity index (χ4n) is 3.45. The van der Waals surface area contributed by atoms with Gasteiger partial charge in [-0.15, -0.1) is 0 Å². The zero-order valence-corrected chi connectivity index (χ0v) is 12.4. The Bertz CT molecular complexity index is 288. The first-order chi connectivity index (χ1) is 9.19. The van der Waals surface area contributed by atoms with Crippen LogP contribution in [-0.4, -0.2) is 50.7 Å². The van der Waals surface area contributed by atoms with Crippen LogP contribution in [-0.2, 0) is 9.53 Å². The number of ether oxygens (including phenoxy) is 1. The van der Waals surface area contributed by atoms with Gasteiger partial charge in [-0.25, -0.2) is 0 Å². The highest BCUT2D eigenvalue weighted by atomic mass is 16.5. The number of hydrogen-bond acceptors (Lipinski definition) is 4. The van der Waals surface area contributed by atoms with Gasteiger partial charge < -0.3 is 15.0 Å². The maximum absolute atomic E-state index is 11.4. The molecule has 0 aromatic heterocycles. The van der Waals surface area contributed by atoms with Crippen LogP contribution in [0, 0.1) is 11.8 Å². The summed E-state index contributed by atoms with van der Waals surface area (Å²) in [6.07, 6.45) is 6.84. The van der Waals surface area contributed by atoms with Crippen molar-refractivity contribution in [2.45, 2.75) is 44.6 Å². The van der Waals surface area contributed by atoms with Crippen LogP contribution in [0.3, 0.4) is 0 Å². The lowest BCUT2D eigenvalue weighted by Gasteiger charge is -2.28. The average Bonchev–Trinajstić information content (AvgIpc) is 2.84. The summed E-state index contributed by atoms with van der Waals surface area (Å²) >= 11 is 0. The van der Waals surface area contributed by atoms with Crippen LogP contribution >= 0.6 is 0 Å². The van der Waals surface area contributed by atoms with Crippen LogP contribution in [0.4, 0.5) is 0 Å². The van der Waals surface area contributed by atoms with E-state index in [2.05, 4.69) is 17.3 Å². The fraction of sp³-hybridized carbons (Fsp3) is 0.933. The summed E-state index contributed by atoms with van der Waals surface area (Å²) in [5.41, 5.74) is 0. The molecule has 110 valence electrons. The van der Waals surface area contributed by atoms with E-state index in [0.717, 1.165) is 38.1 Å². The Morgan fingerprint density at radius 3 is 2.58 bits per heavy atom. The number of nitrogens with zero attached hydrogens (tertiary/aromatic N) is 1. The third-order valence-corrected chi connectivity index (χ3v) is 4.74. The molecule has 1 aliphatic heterocycles. The maximum atomic E-state index is 11.4. The molecule has 4 nitrogen and oxygen atoms in total. The summed E-state index contributed by atoms with van der Waals surface area (Å²) in [6.45, 7) is 3.65. The predicted molar refractivity (Wildman–Crippen MR) is 76.0 cm³/mol. The van der Waals surface area contributed by atoms with Crippen LogP contribution in [0.2, 0.25) is 0 Å². The molecule has 1 saturated heterocycles. The lowest BCUT2D eigenvalue weighted by Crippen LogP contribution is -2.36. The molecule has 2 rings (SSSR count). The van der Waals surface area contributed by atoms with Crippen molar-refractivity contribution < 1.29 is 9.53 Å². The second-order valence-corrected chi connectivity index (χ2v) is 6.23. The molecule has 0 aromatic rings. The number of rotatable bonds is 5. The first kappa shape index (κ1) is 14.8. The minimum atomic E-state index is -0.0209. The summed E-state index contributed by atoms with van der Waals surface area (Å²) in [6, 6.07) is 0.611. The summed E-state index contributed by atoms with van der Waals surface area (Å²) in [5.74, 6) is 1.00. The number of carbonyl (C=O) groups is 1. The van der Waals surface area contributed by atoms with Gasteiger partial charge >= 0.3 is 5.97 Å². The molecule has 19 heavy (non-hydrogen) atoms. The van der Waals surface area contributed by atoms with Crippen LogP contribution in [0.5, 0.6) is 0 Å². The molecular formula is C15H28N2O2. The molecule has 1 saturated carbocycles. The third kappa shape index (κ3) is 4.46. The van der Waals surface area contributed by atoms with E-state index in [9.17, 15) is 4.79 Å². The minimum Gasteiger partial charge on any atom is -0.469 e. The Morgan fingerprint density at radius 2 is 2.00 bits per heavy atom. The molecule has 1 aliphatic carbocycles.